The molecule has 0 aromatic heterocycles. The van der Waals surface area contributed by atoms with Crippen LogP contribution in [0.4, 0.5) is 0 Å². The van der Waals surface area contributed by atoms with Gasteiger partial charge in [-0.3, -0.25) is 4.79 Å². The molecule has 1 aliphatic rings. The zero-order chi connectivity index (χ0) is 17.1. The van der Waals surface area contributed by atoms with E-state index in [9.17, 15) is 9.59 Å². The van der Waals surface area contributed by atoms with Crippen LogP contribution in [0, 0.1) is 6.92 Å². The summed E-state index contributed by atoms with van der Waals surface area (Å²) in [7, 11) is 0. The number of hydrogen-bond acceptors (Lipinski definition) is 4. The maximum absolute atomic E-state index is 12.5. The lowest BCUT2D eigenvalue weighted by atomic mass is 10.2. The third-order valence-corrected chi connectivity index (χ3v) is 4.21. The van der Waals surface area contributed by atoms with Crippen LogP contribution in [0.1, 0.15) is 19.4 Å². The second-order valence-corrected chi connectivity index (χ2v) is 6.57. The van der Waals surface area contributed by atoms with Gasteiger partial charge in [0.05, 0.1) is 17.1 Å². The lowest BCUT2D eigenvalue weighted by Gasteiger charge is -2.36. The third-order valence-electron chi connectivity index (χ3n) is 3.59. The van der Waals surface area contributed by atoms with Crippen LogP contribution in [0.2, 0.25) is 0 Å². The largest absolute Gasteiger partial charge is 0.480 e. The van der Waals surface area contributed by atoms with E-state index in [1.165, 1.54) is 4.90 Å². The molecule has 1 aromatic carbocycles. The minimum absolute atomic E-state index is 0.0290. The first-order valence-electron chi connectivity index (χ1n) is 7.37. The summed E-state index contributed by atoms with van der Waals surface area (Å²) in [5, 5.41) is 9.09. The first-order chi connectivity index (χ1) is 10.8. The van der Waals surface area contributed by atoms with Crippen molar-refractivity contribution < 1.29 is 24.2 Å². The normalized spacial score (nSPS) is 22.5. The number of amides is 1. The molecule has 1 amide bonds. The number of carboxylic acid groups (broad SMARTS) is 1. The summed E-state index contributed by atoms with van der Waals surface area (Å²) in [5.74, 6) is -0.740. The standard InChI is InChI=1S/C16H20BrNO5/c1-9-4-5-13(12(17)6-9)23-11(3)15(19)18-7-10(2)22-14(8-18)16(20)21/h4-6,10-11,14H,7-8H2,1-3H3,(H,20,21)/t10-,11?,14?/m1/s1. The minimum atomic E-state index is -1.07. The second-order valence-electron chi connectivity index (χ2n) is 5.71. The van der Waals surface area contributed by atoms with Gasteiger partial charge in [0.15, 0.2) is 12.2 Å². The van der Waals surface area contributed by atoms with Crippen LogP contribution in [0.15, 0.2) is 22.7 Å². The monoisotopic (exact) mass is 385 g/mol. The number of carbonyl (C=O) groups is 2. The van der Waals surface area contributed by atoms with E-state index in [2.05, 4.69) is 15.9 Å². The van der Waals surface area contributed by atoms with Crippen LogP contribution in [-0.2, 0) is 14.3 Å². The molecule has 3 atom stereocenters. The van der Waals surface area contributed by atoms with E-state index in [-0.39, 0.29) is 18.6 Å². The Morgan fingerprint density at radius 1 is 1.43 bits per heavy atom. The van der Waals surface area contributed by atoms with Gasteiger partial charge in [-0.25, -0.2) is 4.79 Å². The van der Waals surface area contributed by atoms with Crippen molar-refractivity contribution in [1.82, 2.24) is 4.90 Å². The van der Waals surface area contributed by atoms with E-state index in [1.54, 1.807) is 19.9 Å². The first-order valence-corrected chi connectivity index (χ1v) is 8.17. The number of hydrogen-bond donors (Lipinski definition) is 1. The van der Waals surface area contributed by atoms with Gasteiger partial charge in [0, 0.05) is 6.54 Å². The Balaban J connectivity index is 2.05. The van der Waals surface area contributed by atoms with Gasteiger partial charge in [-0.1, -0.05) is 6.07 Å². The number of nitrogens with zero attached hydrogens (tertiary/aromatic N) is 1. The van der Waals surface area contributed by atoms with E-state index in [1.807, 2.05) is 19.1 Å². The van der Waals surface area contributed by atoms with Crippen molar-refractivity contribution in [2.45, 2.75) is 39.1 Å². The first kappa shape index (κ1) is 17.7. The van der Waals surface area contributed by atoms with Gasteiger partial charge in [-0.15, -0.1) is 0 Å². The van der Waals surface area contributed by atoms with Gasteiger partial charge in [0.25, 0.3) is 5.91 Å². The number of ether oxygens (including phenoxy) is 2. The van der Waals surface area contributed by atoms with Gasteiger partial charge in [-0.05, 0) is 54.4 Å². The van der Waals surface area contributed by atoms with Crippen LogP contribution >= 0.6 is 15.9 Å². The third kappa shape index (κ3) is 4.45. The Kier molecular flexibility index (Phi) is 5.64. The van der Waals surface area contributed by atoms with E-state index >= 15 is 0 Å². The minimum Gasteiger partial charge on any atom is -0.480 e. The molecule has 1 aliphatic heterocycles. The molecule has 7 heteroatoms. The second kappa shape index (κ2) is 7.31. The molecule has 2 rings (SSSR count). The number of aliphatic carboxylic acids is 1. The van der Waals surface area contributed by atoms with Gasteiger partial charge < -0.3 is 19.5 Å². The molecule has 0 saturated carbocycles. The Morgan fingerprint density at radius 2 is 2.13 bits per heavy atom. The molecule has 0 spiro atoms. The molecule has 1 heterocycles. The number of morpholine rings is 1. The van der Waals surface area contributed by atoms with Crippen LogP contribution in [0.5, 0.6) is 5.75 Å². The van der Waals surface area contributed by atoms with Crippen molar-refractivity contribution in [3.05, 3.63) is 28.2 Å². The molecule has 1 fully saturated rings. The maximum atomic E-state index is 12.5. The molecule has 1 aromatic rings. The number of benzene rings is 1. The molecule has 6 nitrogen and oxygen atoms in total. The van der Waals surface area contributed by atoms with Gasteiger partial charge >= 0.3 is 5.97 Å². The smallest absolute Gasteiger partial charge is 0.334 e. The number of aryl methyl sites for hydroxylation is 1. The van der Waals surface area contributed by atoms with E-state index in [0.29, 0.717) is 12.3 Å². The highest BCUT2D eigenvalue weighted by molar-refractivity contribution is 9.10. The topological polar surface area (TPSA) is 76.1 Å². The van der Waals surface area contributed by atoms with Crippen molar-refractivity contribution in [3.63, 3.8) is 0 Å². The lowest BCUT2D eigenvalue weighted by Crippen LogP contribution is -2.54. The Bertz CT molecular complexity index is 606. The van der Waals surface area contributed by atoms with Crippen LogP contribution in [0.25, 0.3) is 0 Å². The van der Waals surface area contributed by atoms with E-state index in [0.717, 1.165) is 10.0 Å². The quantitative estimate of drug-likeness (QED) is 0.859. The van der Waals surface area contributed by atoms with Crippen molar-refractivity contribution in [3.8, 4) is 5.75 Å². The summed E-state index contributed by atoms with van der Waals surface area (Å²) in [6.45, 7) is 5.75. The zero-order valence-corrected chi connectivity index (χ0v) is 14.9. The van der Waals surface area contributed by atoms with Crippen molar-refractivity contribution in [2.24, 2.45) is 0 Å². The average molecular weight is 386 g/mol. The molecule has 23 heavy (non-hydrogen) atoms. The highest BCUT2D eigenvalue weighted by atomic mass is 79.9. The van der Waals surface area contributed by atoms with Crippen molar-refractivity contribution in [1.29, 1.82) is 0 Å². The van der Waals surface area contributed by atoms with Crippen LogP contribution < -0.4 is 4.74 Å². The summed E-state index contributed by atoms with van der Waals surface area (Å²) in [6, 6.07) is 5.60. The number of rotatable bonds is 4. The van der Waals surface area contributed by atoms with Gasteiger partial charge in [0.1, 0.15) is 5.75 Å². The number of carboxylic acids is 1. The van der Waals surface area contributed by atoms with Crippen LogP contribution in [0.3, 0.4) is 0 Å². The molecule has 2 unspecified atom stereocenters. The Labute approximate surface area is 143 Å². The predicted molar refractivity (Wildman–Crippen MR) is 87.5 cm³/mol. The van der Waals surface area contributed by atoms with E-state index in [4.69, 9.17) is 14.6 Å². The summed E-state index contributed by atoms with van der Waals surface area (Å²) in [6.07, 6.45) is -2.04. The molecule has 1 N–H and O–H groups in total. The fourth-order valence-corrected chi connectivity index (χ4v) is 3.05. The summed E-state index contributed by atoms with van der Waals surface area (Å²) < 4.78 is 11.8. The van der Waals surface area contributed by atoms with Crippen molar-refractivity contribution >= 4 is 27.8 Å². The van der Waals surface area contributed by atoms with Gasteiger partial charge in [0.2, 0.25) is 0 Å². The zero-order valence-electron chi connectivity index (χ0n) is 13.3. The lowest BCUT2D eigenvalue weighted by molar-refractivity contribution is -0.168. The summed E-state index contributed by atoms with van der Waals surface area (Å²) in [4.78, 5) is 25.1. The predicted octanol–water partition coefficient (Wildman–Crippen LogP) is 2.23. The van der Waals surface area contributed by atoms with Crippen molar-refractivity contribution in [2.75, 3.05) is 13.1 Å². The Morgan fingerprint density at radius 3 is 2.74 bits per heavy atom. The highest BCUT2D eigenvalue weighted by Crippen LogP contribution is 2.27. The molecule has 1 saturated heterocycles. The summed E-state index contributed by atoms with van der Waals surface area (Å²) in [5.41, 5.74) is 1.08. The molecule has 0 bridgehead atoms. The Hall–Kier alpha value is -1.60. The van der Waals surface area contributed by atoms with E-state index < -0.39 is 18.2 Å². The van der Waals surface area contributed by atoms with Gasteiger partial charge in [-0.2, -0.15) is 0 Å². The van der Waals surface area contributed by atoms with Crippen LogP contribution in [-0.4, -0.2) is 53.3 Å². The number of halogens is 1. The average Bonchev–Trinajstić information content (AvgIpc) is 2.48. The fourth-order valence-electron chi connectivity index (χ4n) is 2.47. The fraction of sp³-hybridized carbons (Fsp3) is 0.500. The molecular weight excluding hydrogens is 366 g/mol. The number of carbonyl (C=O) groups excluding carboxylic acids is 1. The maximum Gasteiger partial charge on any atom is 0.334 e. The molecule has 0 aliphatic carbocycles. The SMILES string of the molecule is Cc1ccc(OC(C)C(=O)N2CC(C(=O)O)O[C@H](C)C2)c(Br)c1. The molecule has 126 valence electrons. The highest BCUT2D eigenvalue weighted by Gasteiger charge is 2.34. The molecular formula is C16H20BrNO5. The summed E-state index contributed by atoms with van der Waals surface area (Å²) >= 11 is 3.41. The molecule has 0 radical (unpaired) electrons.